The van der Waals surface area contributed by atoms with Crippen molar-refractivity contribution in [3.63, 3.8) is 0 Å². The van der Waals surface area contributed by atoms with Crippen molar-refractivity contribution in [1.82, 2.24) is 19.6 Å². The summed E-state index contributed by atoms with van der Waals surface area (Å²) in [6.45, 7) is 14.0. The van der Waals surface area contributed by atoms with E-state index < -0.39 is 5.92 Å². The zero-order valence-corrected chi connectivity index (χ0v) is 19.9. The number of hydrogen-bond donors (Lipinski definition) is 1. The van der Waals surface area contributed by atoms with Crippen molar-refractivity contribution in [3.8, 4) is 6.07 Å². The number of ether oxygens (including phenoxy) is 1. The summed E-state index contributed by atoms with van der Waals surface area (Å²) in [5, 5.41) is 27.9. The lowest BCUT2D eigenvalue weighted by Gasteiger charge is -2.36. The molecule has 0 radical (unpaired) electrons. The number of nitrogens with one attached hydrogen (secondary N) is 1. The van der Waals surface area contributed by atoms with Crippen LogP contribution in [0.1, 0.15) is 72.9 Å². The van der Waals surface area contributed by atoms with Gasteiger partial charge in [-0.1, -0.05) is 0 Å². The predicted octanol–water partition coefficient (Wildman–Crippen LogP) is 5.11. The van der Waals surface area contributed by atoms with Gasteiger partial charge in [-0.3, -0.25) is 14.8 Å². The smallest absolute Gasteiger partial charge is 0.205 e. The van der Waals surface area contributed by atoms with E-state index in [2.05, 4.69) is 44.9 Å². The molecule has 7 nitrogen and oxygen atoms in total. The lowest BCUT2D eigenvalue weighted by atomic mass is 9.73. The minimum absolute atomic E-state index is 0.0322. The maximum absolute atomic E-state index is 9.99. The highest BCUT2D eigenvalue weighted by molar-refractivity contribution is 5.84. The highest BCUT2D eigenvalue weighted by Crippen LogP contribution is 2.48. The number of hydrogen-bond acceptors (Lipinski definition) is 5. The quantitative estimate of drug-likeness (QED) is 0.727. The highest BCUT2D eigenvalue weighted by atomic mass is 16.5. The van der Waals surface area contributed by atoms with Gasteiger partial charge in [0.15, 0.2) is 0 Å². The molecule has 168 valence electrons. The van der Waals surface area contributed by atoms with E-state index in [1.54, 1.807) is 0 Å². The van der Waals surface area contributed by atoms with Crippen molar-refractivity contribution >= 4 is 12.0 Å². The molecular formula is C25H32N6O. The topological polar surface area (TPSA) is 92.5 Å². The first-order valence-corrected chi connectivity index (χ1v) is 11.5. The summed E-state index contributed by atoms with van der Waals surface area (Å²) < 4.78 is 10.1. The van der Waals surface area contributed by atoms with E-state index in [1.807, 2.05) is 23.2 Å². The molecule has 0 saturated heterocycles. The Morgan fingerprint density at radius 2 is 1.72 bits per heavy atom. The van der Waals surface area contributed by atoms with Crippen LogP contribution in [-0.2, 0) is 17.8 Å². The molecule has 0 amide bonds. The number of nitriles is 1. The van der Waals surface area contributed by atoms with E-state index >= 15 is 0 Å². The Morgan fingerprint density at radius 1 is 1.06 bits per heavy atom. The molecule has 0 aromatic carbocycles. The molecular weight excluding hydrogens is 400 g/mol. The summed E-state index contributed by atoms with van der Waals surface area (Å²) in [6, 6.07) is 2.36. The van der Waals surface area contributed by atoms with Gasteiger partial charge >= 0.3 is 0 Å². The molecule has 2 atom stereocenters. The second kappa shape index (κ2) is 8.42. The Kier molecular flexibility index (Phi) is 5.81. The average molecular weight is 433 g/mol. The van der Waals surface area contributed by atoms with Gasteiger partial charge in [0.05, 0.1) is 17.5 Å². The first-order chi connectivity index (χ1) is 15.3. The SMILES string of the molecule is CCn1nc(C)c(/C=C2\CCCC3=C2OC(=N)C(C#N)C3c2c(C)nn(CC)c2C)c1C. The normalized spacial score (nSPS) is 22.2. The molecule has 3 heterocycles. The van der Waals surface area contributed by atoms with Crippen LogP contribution in [0.3, 0.4) is 0 Å². The first kappa shape index (κ1) is 22.1. The summed E-state index contributed by atoms with van der Waals surface area (Å²) in [4.78, 5) is 0. The van der Waals surface area contributed by atoms with E-state index in [4.69, 9.17) is 15.2 Å². The Labute approximate surface area is 189 Å². The Morgan fingerprint density at radius 3 is 2.31 bits per heavy atom. The number of allylic oxidation sites excluding steroid dienone is 2. The number of rotatable bonds is 4. The molecule has 1 N–H and O–H groups in total. The fraction of sp³-hybridized carbons (Fsp3) is 0.520. The van der Waals surface area contributed by atoms with Gasteiger partial charge in [-0.15, -0.1) is 0 Å². The van der Waals surface area contributed by atoms with Crippen molar-refractivity contribution in [3.05, 3.63) is 50.8 Å². The molecule has 2 unspecified atom stereocenters. The molecule has 2 aliphatic rings. The molecule has 1 aliphatic heterocycles. The van der Waals surface area contributed by atoms with Crippen molar-refractivity contribution in [2.45, 2.75) is 79.8 Å². The molecule has 0 saturated carbocycles. The third-order valence-corrected chi connectivity index (χ3v) is 6.92. The molecule has 0 fully saturated rings. The fourth-order valence-corrected chi connectivity index (χ4v) is 5.34. The molecule has 1 aliphatic carbocycles. The molecule has 0 spiro atoms. The summed E-state index contributed by atoms with van der Waals surface area (Å²) in [6.07, 6.45) is 4.93. The van der Waals surface area contributed by atoms with E-state index in [9.17, 15) is 5.26 Å². The van der Waals surface area contributed by atoms with E-state index in [0.29, 0.717) is 0 Å². The number of aromatic nitrogens is 4. The lowest BCUT2D eigenvalue weighted by Crippen LogP contribution is -2.32. The average Bonchev–Trinajstić information content (AvgIpc) is 3.21. The second-order valence-electron chi connectivity index (χ2n) is 8.73. The zero-order chi connectivity index (χ0) is 23.2. The summed E-state index contributed by atoms with van der Waals surface area (Å²) >= 11 is 0. The van der Waals surface area contributed by atoms with Crippen LogP contribution in [0.5, 0.6) is 0 Å². The molecule has 32 heavy (non-hydrogen) atoms. The highest BCUT2D eigenvalue weighted by Gasteiger charge is 2.42. The molecule has 0 bridgehead atoms. The fourth-order valence-electron chi connectivity index (χ4n) is 5.34. The molecule has 4 rings (SSSR count). The van der Waals surface area contributed by atoms with Crippen LogP contribution < -0.4 is 0 Å². The van der Waals surface area contributed by atoms with Crippen molar-refractivity contribution in [2.75, 3.05) is 0 Å². The number of aryl methyl sites for hydroxylation is 4. The predicted molar refractivity (Wildman–Crippen MR) is 124 cm³/mol. The molecule has 7 heteroatoms. The molecule has 2 aromatic heterocycles. The van der Waals surface area contributed by atoms with Gasteiger partial charge in [-0.25, -0.2) is 0 Å². The van der Waals surface area contributed by atoms with Crippen LogP contribution in [-0.4, -0.2) is 25.5 Å². The summed E-state index contributed by atoms with van der Waals surface area (Å²) in [7, 11) is 0. The van der Waals surface area contributed by atoms with Gasteiger partial charge in [-0.2, -0.15) is 15.5 Å². The third-order valence-electron chi connectivity index (χ3n) is 6.92. The maximum Gasteiger partial charge on any atom is 0.205 e. The molecule has 2 aromatic rings. The summed E-state index contributed by atoms with van der Waals surface area (Å²) in [5.74, 6) is -0.0132. The van der Waals surface area contributed by atoms with Crippen molar-refractivity contribution in [2.24, 2.45) is 5.92 Å². The van der Waals surface area contributed by atoms with Crippen LogP contribution in [0.15, 0.2) is 16.9 Å². The third kappa shape index (κ3) is 3.38. The van der Waals surface area contributed by atoms with E-state index in [-0.39, 0.29) is 11.8 Å². The van der Waals surface area contributed by atoms with Gasteiger partial charge in [-0.05, 0) is 78.0 Å². The van der Waals surface area contributed by atoms with Crippen molar-refractivity contribution in [1.29, 1.82) is 10.7 Å². The Hall–Kier alpha value is -3.14. The van der Waals surface area contributed by atoms with E-state index in [0.717, 1.165) is 83.2 Å². The van der Waals surface area contributed by atoms with Gasteiger partial charge in [0.2, 0.25) is 5.90 Å². The zero-order valence-electron chi connectivity index (χ0n) is 19.9. The first-order valence-electron chi connectivity index (χ1n) is 11.5. The summed E-state index contributed by atoms with van der Waals surface area (Å²) in [5.41, 5.74) is 8.56. The van der Waals surface area contributed by atoms with Crippen LogP contribution in [0.4, 0.5) is 0 Å². The monoisotopic (exact) mass is 432 g/mol. The lowest BCUT2D eigenvalue weighted by molar-refractivity contribution is 0.334. The van der Waals surface area contributed by atoms with Gasteiger partial charge in [0.25, 0.3) is 0 Å². The minimum atomic E-state index is -0.633. The van der Waals surface area contributed by atoms with Crippen molar-refractivity contribution < 1.29 is 4.74 Å². The maximum atomic E-state index is 9.99. The largest absolute Gasteiger partial charge is 0.442 e. The Bertz CT molecular complexity index is 1190. The van der Waals surface area contributed by atoms with Gasteiger partial charge in [0.1, 0.15) is 11.7 Å². The Balaban J connectivity index is 1.90. The number of nitrogens with zero attached hydrogens (tertiary/aromatic N) is 5. The minimum Gasteiger partial charge on any atom is -0.442 e. The van der Waals surface area contributed by atoms with Crippen LogP contribution in [0, 0.1) is 50.4 Å². The van der Waals surface area contributed by atoms with Gasteiger partial charge < -0.3 is 4.74 Å². The van der Waals surface area contributed by atoms with Crippen LogP contribution in [0.25, 0.3) is 6.08 Å². The standard InChI is InChI=1S/C25H32N6O/c1-7-30-16(5)20(14(3)28-30)12-18-10-9-11-19-23(21(13-26)25(27)32-24(18)19)22-15(4)29-31(8-2)17(22)6/h12,21,23,27H,7-11H2,1-6H3/b18-12+,27-25?. The second-order valence-corrected chi connectivity index (χ2v) is 8.73. The van der Waals surface area contributed by atoms with Gasteiger partial charge in [0, 0.05) is 41.5 Å². The van der Waals surface area contributed by atoms with Crippen LogP contribution >= 0.6 is 0 Å². The van der Waals surface area contributed by atoms with E-state index in [1.165, 1.54) is 0 Å². The van der Waals surface area contributed by atoms with Crippen LogP contribution in [0.2, 0.25) is 0 Å².